The molecule has 4 nitrogen and oxygen atoms in total. The van der Waals surface area contributed by atoms with Gasteiger partial charge in [0.15, 0.2) is 0 Å². The molecule has 0 fully saturated rings. The zero-order valence-corrected chi connectivity index (χ0v) is 12.6. The third-order valence-electron chi connectivity index (χ3n) is 2.28. The molecule has 0 amide bonds. The zero-order valence-electron chi connectivity index (χ0n) is 9.34. The number of hydrogen-bond acceptors (Lipinski definition) is 4. The maximum absolute atomic E-state index is 12.0. The van der Waals surface area contributed by atoms with Crippen molar-refractivity contribution in [1.82, 2.24) is 9.71 Å². The normalized spacial score (nSPS) is 11.6. The van der Waals surface area contributed by atoms with E-state index in [2.05, 4.69) is 25.6 Å². The lowest BCUT2D eigenvalue weighted by Crippen LogP contribution is -2.23. The Labute approximate surface area is 118 Å². The van der Waals surface area contributed by atoms with Crippen LogP contribution in [0, 0.1) is 0 Å². The quantitative estimate of drug-likeness (QED) is 0.846. The predicted molar refractivity (Wildman–Crippen MR) is 75.2 cm³/mol. The van der Waals surface area contributed by atoms with E-state index < -0.39 is 10.0 Å². The summed E-state index contributed by atoms with van der Waals surface area (Å²) in [6.45, 7) is 0.222. The molecule has 1 N–H and O–H groups in total. The highest BCUT2D eigenvalue weighted by Crippen LogP contribution is 2.13. The van der Waals surface area contributed by atoms with Gasteiger partial charge >= 0.3 is 0 Å². The molecule has 1 aromatic carbocycles. The fourth-order valence-corrected chi connectivity index (χ4v) is 3.35. The van der Waals surface area contributed by atoms with Crippen LogP contribution in [0.15, 0.2) is 40.7 Å². The average molecular weight is 347 g/mol. The largest absolute Gasteiger partial charge is 0.248 e. The van der Waals surface area contributed by atoms with Crippen LogP contribution < -0.4 is 4.72 Å². The first kappa shape index (κ1) is 13.7. The van der Waals surface area contributed by atoms with Crippen LogP contribution in [0.3, 0.4) is 0 Å². The molecule has 0 spiro atoms. The first-order valence-corrected chi connectivity index (χ1v) is 8.63. The molecular formula is C11H11BrN2O2S2. The number of benzene rings is 1. The van der Waals surface area contributed by atoms with E-state index in [0.29, 0.717) is 5.33 Å². The van der Waals surface area contributed by atoms with E-state index in [1.165, 1.54) is 11.3 Å². The van der Waals surface area contributed by atoms with Gasteiger partial charge in [0.25, 0.3) is 0 Å². The summed E-state index contributed by atoms with van der Waals surface area (Å²) in [5.74, 6) is 0. The van der Waals surface area contributed by atoms with E-state index in [9.17, 15) is 8.42 Å². The molecule has 0 saturated heterocycles. The molecule has 0 radical (unpaired) electrons. The summed E-state index contributed by atoms with van der Waals surface area (Å²) in [6.07, 6.45) is 1.65. The molecule has 0 saturated carbocycles. The van der Waals surface area contributed by atoms with Crippen molar-refractivity contribution in [3.8, 4) is 0 Å². The van der Waals surface area contributed by atoms with Gasteiger partial charge in [0.2, 0.25) is 10.0 Å². The molecule has 0 unspecified atom stereocenters. The van der Waals surface area contributed by atoms with Gasteiger partial charge in [-0.2, -0.15) is 0 Å². The molecule has 2 aromatic rings. The second-order valence-electron chi connectivity index (χ2n) is 3.53. The Kier molecular flexibility index (Phi) is 4.50. The Morgan fingerprint density at radius 1 is 1.28 bits per heavy atom. The van der Waals surface area contributed by atoms with E-state index in [4.69, 9.17) is 0 Å². The molecule has 0 aliphatic heterocycles. The van der Waals surface area contributed by atoms with E-state index in [1.807, 2.05) is 5.38 Å². The maximum atomic E-state index is 12.0. The molecular weight excluding hydrogens is 336 g/mol. The van der Waals surface area contributed by atoms with Gasteiger partial charge in [0, 0.05) is 16.9 Å². The number of nitrogens with one attached hydrogen (secondary N) is 1. The lowest BCUT2D eigenvalue weighted by molar-refractivity contribution is 0.581. The molecule has 1 aromatic heterocycles. The van der Waals surface area contributed by atoms with E-state index in [1.54, 1.807) is 30.5 Å². The smallest absolute Gasteiger partial charge is 0.240 e. The molecule has 0 bridgehead atoms. The minimum atomic E-state index is -3.46. The fourth-order valence-electron chi connectivity index (χ4n) is 1.34. The van der Waals surface area contributed by atoms with Crippen LogP contribution in [-0.2, 0) is 21.9 Å². The van der Waals surface area contributed by atoms with Crippen molar-refractivity contribution in [2.45, 2.75) is 16.8 Å². The SMILES string of the molecule is O=S(=O)(NCc1nccs1)c1ccc(CBr)cc1. The average Bonchev–Trinajstić information content (AvgIpc) is 2.90. The number of sulfonamides is 1. The number of hydrogen-bond donors (Lipinski definition) is 1. The standard InChI is InChI=1S/C11H11BrN2O2S2/c12-7-9-1-3-10(4-2-9)18(15,16)14-8-11-13-5-6-17-11/h1-6,14H,7-8H2. The molecule has 18 heavy (non-hydrogen) atoms. The van der Waals surface area contributed by atoms with Crippen molar-refractivity contribution < 1.29 is 8.42 Å². The van der Waals surface area contributed by atoms with Crippen LogP contribution in [0.5, 0.6) is 0 Å². The van der Waals surface area contributed by atoms with Crippen molar-refractivity contribution in [2.75, 3.05) is 0 Å². The third-order valence-corrected chi connectivity index (χ3v) is 5.13. The summed E-state index contributed by atoms with van der Waals surface area (Å²) >= 11 is 4.74. The van der Waals surface area contributed by atoms with Crippen LogP contribution in [0.4, 0.5) is 0 Å². The molecule has 7 heteroatoms. The van der Waals surface area contributed by atoms with Gasteiger partial charge in [-0.15, -0.1) is 11.3 Å². The molecule has 1 heterocycles. The second-order valence-corrected chi connectivity index (χ2v) is 6.83. The second kappa shape index (κ2) is 5.92. The van der Waals surface area contributed by atoms with E-state index >= 15 is 0 Å². The predicted octanol–water partition coefficient (Wildman–Crippen LogP) is 2.52. The Morgan fingerprint density at radius 3 is 2.56 bits per heavy atom. The van der Waals surface area contributed by atoms with Crippen molar-refractivity contribution in [3.05, 3.63) is 46.4 Å². The maximum Gasteiger partial charge on any atom is 0.240 e. The van der Waals surface area contributed by atoms with Gasteiger partial charge < -0.3 is 0 Å². The van der Waals surface area contributed by atoms with Gasteiger partial charge in [-0.3, -0.25) is 0 Å². The molecule has 2 rings (SSSR count). The Bertz CT molecular complexity index is 594. The fraction of sp³-hybridized carbons (Fsp3) is 0.182. The van der Waals surface area contributed by atoms with Gasteiger partial charge in [-0.25, -0.2) is 18.1 Å². The zero-order chi connectivity index (χ0) is 13.0. The topological polar surface area (TPSA) is 59.1 Å². The summed E-state index contributed by atoms with van der Waals surface area (Å²) < 4.78 is 26.5. The number of halogens is 1. The molecule has 0 aliphatic carbocycles. The molecule has 96 valence electrons. The monoisotopic (exact) mass is 346 g/mol. The van der Waals surface area contributed by atoms with Crippen molar-refractivity contribution >= 4 is 37.3 Å². The van der Waals surface area contributed by atoms with Gasteiger partial charge in [0.05, 0.1) is 11.4 Å². The Hall–Kier alpha value is -0.760. The Balaban J connectivity index is 2.09. The number of aromatic nitrogens is 1. The number of alkyl halides is 1. The summed E-state index contributed by atoms with van der Waals surface area (Å²) in [4.78, 5) is 4.29. The number of nitrogens with zero attached hydrogens (tertiary/aromatic N) is 1. The van der Waals surface area contributed by atoms with E-state index in [-0.39, 0.29) is 11.4 Å². The van der Waals surface area contributed by atoms with Gasteiger partial charge in [-0.05, 0) is 17.7 Å². The van der Waals surface area contributed by atoms with Crippen LogP contribution in [0.2, 0.25) is 0 Å². The number of thiazole rings is 1. The van der Waals surface area contributed by atoms with Crippen molar-refractivity contribution in [2.24, 2.45) is 0 Å². The first-order valence-electron chi connectivity index (χ1n) is 5.15. The summed E-state index contributed by atoms with van der Waals surface area (Å²) in [5.41, 5.74) is 1.04. The van der Waals surface area contributed by atoms with Crippen LogP contribution in [-0.4, -0.2) is 13.4 Å². The highest BCUT2D eigenvalue weighted by molar-refractivity contribution is 9.08. The summed E-state index contributed by atoms with van der Waals surface area (Å²) in [7, 11) is -3.46. The van der Waals surface area contributed by atoms with Crippen LogP contribution >= 0.6 is 27.3 Å². The first-order chi connectivity index (χ1) is 8.62. The highest BCUT2D eigenvalue weighted by atomic mass is 79.9. The van der Waals surface area contributed by atoms with Crippen LogP contribution in [0.1, 0.15) is 10.6 Å². The molecule has 0 atom stereocenters. The summed E-state index contributed by atoms with van der Waals surface area (Å²) in [5, 5.41) is 3.27. The minimum Gasteiger partial charge on any atom is -0.248 e. The number of rotatable bonds is 5. The molecule has 0 aliphatic rings. The van der Waals surface area contributed by atoms with E-state index in [0.717, 1.165) is 10.6 Å². The lowest BCUT2D eigenvalue weighted by atomic mass is 10.2. The minimum absolute atomic E-state index is 0.222. The van der Waals surface area contributed by atoms with Gasteiger partial charge in [0.1, 0.15) is 5.01 Å². The van der Waals surface area contributed by atoms with Crippen molar-refractivity contribution in [3.63, 3.8) is 0 Å². The van der Waals surface area contributed by atoms with Crippen LogP contribution in [0.25, 0.3) is 0 Å². The Morgan fingerprint density at radius 2 is 2.00 bits per heavy atom. The van der Waals surface area contributed by atoms with Crippen molar-refractivity contribution in [1.29, 1.82) is 0 Å². The highest BCUT2D eigenvalue weighted by Gasteiger charge is 2.13. The van der Waals surface area contributed by atoms with Gasteiger partial charge in [-0.1, -0.05) is 28.1 Å². The summed E-state index contributed by atoms with van der Waals surface area (Å²) in [6, 6.07) is 6.76. The third kappa shape index (κ3) is 3.38. The lowest BCUT2D eigenvalue weighted by Gasteiger charge is -2.05.